The number of sulfonamides is 1. The highest BCUT2D eigenvalue weighted by Gasteiger charge is 2.14. The van der Waals surface area contributed by atoms with Crippen LogP contribution in [0.1, 0.15) is 10.4 Å². The summed E-state index contributed by atoms with van der Waals surface area (Å²) in [5.41, 5.74) is -0.105. The van der Waals surface area contributed by atoms with Crippen LogP contribution in [0.2, 0.25) is 0 Å². The molecule has 0 radical (unpaired) electrons. The Kier molecular flexibility index (Phi) is 3.99. The number of benzene rings is 1. The second-order valence-electron chi connectivity index (χ2n) is 2.95. The molecule has 6 nitrogen and oxygen atoms in total. The molecule has 1 aromatic rings. The van der Waals surface area contributed by atoms with Gasteiger partial charge in [0.15, 0.2) is 0 Å². The highest BCUT2D eigenvalue weighted by Crippen LogP contribution is 2.11. The summed E-state index contributed by atoms with van der Waals surface area (Å²) in [4.78, 5) is 10.5. The van der Waals surface area contributed by atoms with Crippen molar-refractivity contribution in [1.29, 1.82) is 0 Å². The summed E-state index contributed by atoms with van der Waals surface area (Å²) in [6.07, 6.45) is 0. The molecule has 0 unspecified atom stereocenters. The Labute approximate surface area is 92.6 Å². The van der Waals surface area contributed by atoms with Crippen LogP contribution in [0.4, 0.5) is 0 Å². The Bertz CT molecular complexity index is 482. The summed E-state index contributed by atoms with van der Waals surface area (Å²) in [5.74, 6) is -1.20. The van der Waals surface area contributed by atoms with Gasteiger partial charge in [0, 0.05) is 6.54 Å². The molecule has 3 N–H and O–H groups in total. The number of aliphatic hydroxyl groups is 1. The third kappa shape index (κ3) is 3.02. The number of rotatable bonds is 5. The molecule has 7 heteroatoms. The van der Waals surface area contributed by atoms with E-state index < -0.39 is 16.0 Å². The molecule has 88 valence electrons. The molecular formula is C9H11NO5S. The van der Waals surface area contributed by atoms with Crippen molar-refractivity contribution >= 4 is 16.0 Å². The third-order valence-electron chi connectivity index (χ3n) is 1.80. The fourth-order valence-corrected chi connectivity index (χ4v) is 2.13. The van der Waals surface area contributed by atoms with Crippen LogP contribution in [0.15, 0.2) is 29.2 Å². The maximum atomic E-state index is 11.6. The fraction of sp³-hybridized carbons (Fsp3) is 0.222. The Hall–Kier alpha value is -1.44. The molecule has 0 amide bonds. The number of carbonyl (C=O) groups is 1. The van der Waals surface area contributed by atoms with Crippen molar-refractivity contribution in [2.75, 3.05) is 13.2 Å². The second-order valence-corrected chi connectivity index (χ2v) is 4.72. The maximum absolute atomic E-state index is 11.6. The van der Waals surface area contributed by atoms with Crippen LogP contribution in [0.5, 0.6) is 0 Å². The Morgan fingerprint density at radius 1 is 1.38 bits per heavy atom. The molecule has 1 rings (SSSR count). The molecule has 0 aliphatic heterocycles. The first-order chi connectivity index (χ1) is 7.47. The van der Waals surface area contributed by atoms with Crippen molar-refractivity contribution in [2.45, 2.75) is 4.90 Å². The maximum Gasteiger partial charge on any atom is 0.335 e. The van der Waals surface area contributed by atoms with Crippen LogP contribution in [0.3, 0.4) is 0 Å². The van der Waals surface area contributed by atoms with Gasteiger partial charge in [-0.3, -0.25) is 0 Å². The molecule has 0 saturated carbocycles. The van der Waals surface area contributed by atoms with Gasteiger partial charge >= 0.3 is 5.97 Å². The number of aromatic carboxylic acids is 1. The minimum atomic E-state index is -3.75. The van der Waals surface area contributed by atoms with Crippen LogP contribution in [-0.2, 0) is 10.0 Å². The van der Waals surface area contributed by atoms with Crippen molar-refractivity contribution in [3.8, 4) is 0 Å². The third-order valence-corrected chi connectivity index (χ3v) is 3.25. The quantitative estimate of drug-likeness (QED) is 0.658. The van der Waals surface area contributed by atoms with E-state index in [1.54, 1.807) is 0 Å². The van der Waals surface area contributed by atoms with Crippen molar-refractivity contribution in [3.63, 3.8) is 0 Å². The van der Waals surface area contributed by atoms with Gasteiger partial charge < -0.3 is 10.2 Å². The first kappa shape index (κ1) is 12.6. The minimum Gasteiger partial charge on any atom is -0.478 e. The molecule has 0 aromatic heterocycles. The van der Waals surface area contributed by atoms with E-state index in [-0.39, 0.29) is 23.6 Å². The number of carboxylic acids is 1. The largest absolute Gasteiger partial charge is 0.478 e. The highest BCUT2D eigenvalue weighted by atomic mass is 32.2. The normalized spacial score (nSPS) is 11.3. The standard InChI is InChI=1S/C9H11NO5S/c11-5-4-10-16(14,15)8-3-1-2-7(6-8)9(12)13/h1-3,6,10-11H,4-5H2,(H,12,13). The molecular weight excluding hydrogens is 234 g/mol. The average Bonchev–Trinajstić information content (AvgIpc) is 2.26. The van der Waals surface area contributed by atoms with E-state index in [0.717, 1.165) is 6.07 Å². The molecule has 0 aliphatic carbocycles. The van der Waals surface area contributed by atoms with Crippen LogP contribution >= 0.6 is 0 Å². The fourth-order valence-electron chi connectivity index (χ4n) is 1.06. The monoisotopic (exact) mass is 245 g/mol. The van der Waals surface area contributed by atoms with Crippen LogP contribution in [0.25, 0.3) is 0 Å². The van der Waals surface area contributed by atoms with E-state index in [1.807, 2.05) is 0 Å². The summed E-state index contributed by atoms with van der Waals surface area (Å²) in [6, 6.07) is 4.98. The lowest BCUT2D eigenvalue weighted by atomic mass is 10.2. The number of hydrogen-bond acceptors (Lipinski definition) is 4. The number of hydrogen-bond donors (Lipinski definition) is 3. The summed E-state index contributed by atoms with van der Waals surface area (Å²) in [6.45, 7) is -0.433. The Morgan fingerprint density at radius 2 is 2.06 bits per heavy atom. The molecule has 0 saturated heterocycles. The molecule has 0 aliphatic rings. The lowest BCUT2D eigenvalue weighted by Gasteiger charge is -2.05. The Morgan fingerprint density at radius 3 is 2.62 bits per heavy atom. The average molecular weight is 245 g/mol. The van der Waals surface area contributed by atoms with Gasteiger partial charge in [0.25, 0.3) is 0 Å². The first-order valence-electron chi connectivity index (χ1n) is 4.41. The lowest BCUT2D eigenvalue weighted by Crippen LogP contribution is -2.26. The topological polar surface area (TPSA) is 104 Å². The van der Waals surface area contributed by atoms with E-state index in [1.165, 1.54) is 18.2 Å². The Balaban J connectivity index is 3.04. The predicted octanol–water partition coefficient (Wildman–Crippen LogP) is -0.345. The molecule has 0 atom stereocenters. The summed E-state index contributed by atoms with van der Waals surface area (Å²) in [7, 11) is -3.75. The van der Waals surface area contributed by atoms with Gasteiger partial charge in [0.05, 0.1) is 17.1 Å². The molecule has 1 aromatic carbocycles. The van der Waals surface area contributed by atoms with Gasteiger partial charge in [-0.1, -0.05) is 6.07 Å². The molecule has 0 bridgehead atoms. The zero-order valence-electron chi connectivity index (χ0n) is 8.25. The van der Waals surface area contributed by atoms with Gasteiger partial charge in [-0.15, -0.1) is 0 Å². The number of nitrogens with one attached hydrogen (secondary N) is 1. The van der Waals surface area contributed by atoms with Crippen LogP contribution in [-0.4, -0.2) is 37.8 Å². The summed E-state index contributed by atoms with van der Waals surface area (Å²) < 4.78 is 25.2. The molecule has 0 spiro atoms. The summed E-state index contributed by atoms with van der Waals surface area (Å²) >= 11 is 0. The van der Waals surface area contributed by atoms with Crippen LogP contribution < -0.4 is 4.72 Å². The van der Waals surface area contributed by atoms with E-state index in [0.29, 0.717) is 0 Å². The predicted molar refractivity (Wildman–Crippen MR) is 55.7 cm³/mol. The van der Waals surface area contributed by atoms with E-state index in [2.05, 4.69) is 4.72 Å². The van der Waals surface area contributed by atoms with E-state index >= 15 is 0 Å². The van der Waals surface area contributed by atoms with Crippen LogP contribution in [0, 0.1) is 0 Å². The van der Waals surface area contributed by atoms with Gasteiger partial charge in [-0.25, -0.2) is 17.9 Å². The van der Waals surface area contributed by atoms with Gasteiger partial charge in [-0.2, -0.15) is 0 Å². The van der Waals surface area contributed by atoms with Crippen molar-refractivity contribution < 1.29 is 23.4 Å². The van der Waals surface area contributed by atoms with Crippen molar-refractivity contribution in [2.24, 2.45) is 0 Å². The zero-order chi connectivity index (χ0) is 12.2. The van der Waals surface area contributed by atoms with Crippen molar-refractivity contribution in [1.82, 2.24) is 4.72 Å². The number of aliphatic hydroxyl groups excluding tert-OH is 1. The number of carboxylic acid groups (broad SMARTS) is 1. The zero-order valence-corrected chi connectivity index (χ0v) is 9.07. The first-order valence-corrected chi connectivity index (χ1v) is 5.89. The van der Waals surface area contributed by atoms with E-state index in [4.69, 9.17) is 10.2 Å². The summed E-state index contributed by atoms with van der Waals surface area (Å²) in [5, 5.41) is 17.2. The molecule has 16 heavy (non-hydrogen) atoms. The minimum absolute atomic E-state index is 0.105. The second kappa shape index (κ2) is 5.06. The van der Waals surface area contributed by atoms with Gasteiger partial charge in [-0.05, 0) is 18.2 Å². The molecule has 0 fully saturated rings. The smallest absolute Gasteiger partial charge is 0.335 e. The van der Waals surface area contributed by atoms with Gasteiger partial charge in [0.1, 0.15) is 0 Å². The highest BCUT2D eigenvalue weighted by molar-refractivity contribution is 7.89. The SMILES string of the molecule is O=C(O)c1cccc(S(=O)(=O)NCCO)c1. The van der Waals surface area contributed by atoms with Crippen molar-refractivity contribution in [3.05, 3.63) is 29.8 Å². The molecule has 0 heterocycles. The van der Waals surface area contributed by atoms with E-state index in [9.17, 15) is 13.2 Å². The lowest BCUT2D eigenvalue weighted by molar-refractivity contribution is 0.0696. The van der Waals surface area contributed by atoms with Gasteiger partial charge in [0.2, 0.25) is 10.0 Å².